The van der Waals surface area contributed by atoms with Crippen LogP contribution in [0.25, 0.3) is 11.1 Å². The average molecular weight is 342 g/mol. The molecule has 2 aromatic rings. The molecule has 0 aromatic heterocycles. The minimum absolute atomic E-state index is 0.270. The first-order chi connectivity index (χ1) is 11.9. The first-order valence-electron chi connectivity index (χ1n) is 7.98. The van der Waals surface area contributed by atoms with Crippen molar-refractivity contribution >= 4 is 12.0 Å². The van der Waals surface area contributed by atoms with Gasteiger partial charge in [0.2, 0.25) is 0 Å². The fraction of sp³-hybridized carbons (Fsp3) is 0.263. The van der Waals surface area contributed by atoms with Crippen molar-refractivity contribution in [2.75, 3.05) is 13.7 Å². The number of halogens is 1. The van der Waals surface area contributed by atoms with Gasteiger partial charge in [-0.1, -0.05) is 36.4 Å². The van der Waals surface area contributed by atoms with Crippen LogP contribution in [0.4, 0.5) is 9.18 Å². The number of carbonyl (C=O) groups excluding carboxylic acids is 2. The molecule has 0 heterocycles. The second-order valence-electron chi connectivity index (χ2n) is 6.20. The van der Waals surface area contributed by atoms with Gasteiger partial charge in [0.25, 0.3) is 5.91 Å². The molecule has 0 aliphatic heterocycles. The summed E-state index contributed by atoms with van der Waals surface area (Å²) in [6, 6.07) is 14.1. The van der Waals surface area contributed by atoms with Crippen molar-refractivity contribution in [3.8, 4) is 11.1 Å². The molecule has 1 aliphatic carbocycles. The molecule has 1 saturated carbocycles. The smallest absolute Gasteiger partial charge is 0.410 e. The lowest BCUT2D eigenvalue weighted by Gasteiger charge is -2.28. The van der Waals surface area contributed by atoms with Gasteiger partial charge < -0.3 is 15.4 Å². The lowest BCUT2D eigenvalue weighted by Crippen LogP contribution is -2.38. The fourth-order valence-corrected chi connectivity index (χ4v) is 2.96. The van der Waals surface area contributed by atoms with Crippen LogP contribution in [0.5, 0.6) is 0 Å². The van der Waals surface area contributed by atoms with Crippen molar-refractivity contribution in [3.63, 3.8) is 0 Å². The van der Waals surface area contributed by atoms with E-state index in [0.29, 0.717) is 0 Å². The Hall–Kier alpha value is -2.89. The Morgan fingerprint density at radius 2 is 1.60 bits per heavy atom. The van der Waals surface area contributed by atoms with Gasteiger partial charge in [0, 0.05) is 7.05 Å². The summed E-state index contributed by atoms with van der Waals surface area (Å²) >= 11 is 0. The van der Waals surface area contributed by atoms with Crippen LogP contribution in [0, 0.1) is 5.82 Å². The summed E-state index contributed by atoms with van der Waals surface area (Å²) in [5.41, 5.74) is 7.48. The molecular weight excluding hydrogens is 323 g/mol. The van der Waals surface area contributed by atoms with Crippen molar-refractivity contribution in [2.45, 2.75) is 18.4 Å². The van der Waals surface area contributed by atoms with Gasteiger partial charge in [-0.05, 0) is 41.7 Å². The maximum atomic E-state index is 13.0. The molecule has 2 amide bonds. The molecule has 3 rings (SSSR count). The summed E-state index contributed by atoms with van der Waals surface area (Å²) in [6.07, 6.45) is 1.08. The number of hydrogen-bond acceptors (Lipinski definition) is 3. The van der Waals surface area contributed by atoms with Crippen molar-refractivity contribution < 1.29 is 18.7 Å². The molecule has 130 valence electrons. The third-order valence-electron chi connectivity index (χ3n) is 4.58. The van der Waals surface area contributed by atoms with Crippen LogP contribution in [0.3, 0.4) is 0 Å². The highest BCUT2D eigenvalue weighted by molar-refractivity contribution is 5.79. The van der Waals surface area contributed by atoms with Gasteiger partial charge in [0.15, 0.2) is 6.61 Å². The Kier molecular flexibility index (Phi) is 4.44. The predicted octanol–water partition coefficient (Wildman–Crippen LogP) is 3.04. The Morgan fingerprint density at radius 1 is 1.08 bits per heavy atom. The van der Waals surface area contributed by atoms with Crippen molar-refractivity contribution in [2.24, 2.45) is 5.73 Å². The first-order valence-corrected chi connectivity index (χ1v) is 7.98. The molecule has 1 aliphatic rings. The Labute approximate surface area is 145 Å². The van der Waals surface area contributed by atoms with E-state index in [0.717, 1.165) is 29.5 Å². The van der Waals surface area contributed by atoms with E-state index in [1.807, 2.05) is 24.3 Å². The largest absolute Gasteiger partial charge is 0.439 e. The molecular formula is C19H19FN2O3. The van der Waals surface area contributed by atoms with Gasteiger partial charge in [-0.15, -0.1) is 0 Å². The summed E-state index contributed by atoms with van der Waals surface area (Å²) in [7, 11) is 1.66. The number of hydrogen-bond donors (Lipinski definition) is 1. The number of ether oxygens (including phenoxy) is 1. The summed E-state index contributed by atoms with van der Waals surface area (Å²) in [5.74, 6) is -0.955. The van der Waals surface area contributed by atoms with Crippen LogP contribution in [-0.2, 0) is 15.1 Å². The van der Waals surface area contributed by atoms with E-state index in [9.17, 15) is 14.0 Å². The second kappa shape index (κ2) is 6.55. The maximum absolute atomic E-state index is 13.0. The van der Waals surface area contributed by atoms with Gasteiger partial charge in [0.05, 0.1) is 5.54 Å². The van der Waals surface area contributed by atoms with Gasteiger partial charge in [0.1, 0.15) is 5.82 Å². The van der Waals surface area contributed by atoms with Crippen LogP contribution < -0.4 is 5.73 Å². The molecule has 0 bridgehead atoms. The molecule has 0 atom stereocenters. The molecule has 25 heavy (non-hydrogen) atoms. The highest BCUT2D eigenvalue weighted by Gasteiger charge is 2.50. The third kappa shape index (κ3) is 3.47. The molecule has 0 radical (unpaired) electrons. The van der Waals surface area contributed by atoms with E-state index in [4.69, 9.17) is 10.5 Å². The number of nitrogens with two attached hydrogens (primary N) is 1. The average Bonchev–Trinajstić information content (AvgIpc) is 3.42. The van der Waals surface area contributed by atoms with Crippen LogP contribution in [0.1, 0.15) is 18.4 Å². The number of amides is 2. The number of rotatable bonds is 5. The maximum Gasteiger partial charge on any atom is 0.410 e. The monoisotopic (exact) mass is 342 g/mol. The zero-order valence-corrected chi connectivity index (χ0v) is 13.9. The minimum atomic E-state index is -0.685. The second-order valence-corrected chi connectivity index (χ2v) is 6.20. The lowest BCUT2D eigenvalue weighted by atomic mass is 9.99. The summed E-state index contributed by atoms with van der Waals surface area (Å²) in [6.45, 7) is -0.428. The highest BCUT2D eigenvalue weighted by Crippen LogP contribution is 2.50. The van der Waals surface area contributed by atoms with Crippen molar-refractivity contribution in [3.05, 3.63) is 59.9 Å². The topological polar surface area (TPSA) is 72.6 Å². The number of nitrogens with zero attached hydrogens (tertiary/aromatic N) is 1. The number of benzene rings is 2. The van der Waals surface area contributed by atoms with Gasteiger partial charge in [-0.25, -0.2) is 9.18 Å². The highest BCUT2D eigenvalue weighted by atomic mass is 19.1. The number of primary amides is 1. The van der Waals surface area contributed by atoms with Gasteiger partial charge >= 0.3 is 6.09 Å². The Balaban J connectivity index is 1.76. The van der Waals surface area contributed by atoms with Crippen LogP contribution in [0.15, 0.2) is 48.5 Å². The SMILES string of the molecule is CN(C(=O)OCC(N)=O)C1(c2ccc(-c3ccc(F)cc3)cc2)CC1. The Morgan fingerprint density at radius 3 is 2.08 bits per heavy atom. The molecule has 5 nitrogen and oxygen atoms in total. The van der Waals surface area contributed by atoms with E-state index in [1.54, 1.807) is 19.2 Å². The van der Waals surface area contributed by atoms with Crippen LogP contribution >= 0.6 is 0 Å². The molecule has 2 aromatic carbocycles. The van der Waals surface area contributed by atoms with Crippen molar-refractivity contribution in [1.82, 2.24) is 4.90 Å². The molecule has 0 spiro atoms. The lowest BCUT2D eigenvalue weighted by molar-refractivity contribution is -0.121. The normalized spacial score (nSPS) is 14.6. The standard InChI is InChI=1S/C19H19FN2O3/c1-22(18(24)25-12-17(21)23)19(10-11-19)15-6-2-13(3-7-15)14-4-8-16(20)9-5-14/h2-9H,10-12H2,1H3,(H2,21,23). The van der Waals surface area contributed by atoms with E-state index in [2.05, 4.69) is 0 Å². The summed E-state index contributed by atoms with van der Waals surface area (Å²) in [5, 5.41) is 0. The predicted molar refractivity (Wildman–Crippen MR) is 91.1 cm³/mol. The summed E-state index contributed by atoms with van der Waals surface area (Å²) in [4.78, 5) is 24.4. The number of carbonyl (C=O) groups is 2. The van der Waals surface area contributed by atoms with Crippen LogP contribution in [-0.4, -0.2) is 30.6 Å². The minimum Gasteiger partial charge on any atom is -0.439 e. The first kappa shape index (κ1) is 17.0. The molecule has 0 unspecified atom stereocenters. The van der Waals surface area contributed by atoms with E-state index < -0.39 is 24.1 Å². The zero-order chi connectivity index (χ0) is 18.0. The molecule has 1 fully saturated rings. The van der Waals surface area contributed by atoms with E-state index >= 15 is 0 Å². The third-order valence-corrected chi connectivity index (χ3v) is 4.58. The van der Waals surface area contributed by atoms with Crippen molar-refractivity contribution in [1.29, 1.82) is 0 Å². The van der Waals surface area contributed by atoms with E-state index in [1.165, 1.54) is 17.0 Å². The fourth-order valence-electron chi connectivity index (χ4n) is 2.96. The molecule has 2 N–H and O–H groups in total. The zero-order valence-electron chi connectivity index (χ0n) is 13.9. The Bertz CT molecular complexity index is 783. The quantitative estimate of drug-likeness (QED) is 0.908. The molecule has 0 saturated heterocycles. The van der Waals surface area contributed by atoms with E-state index in [-0.39, 0.29) is 5.82 Å². The van der Waals surface area contributed by atoms with Crippen LogP contribution in [0.2, 0.25) is 0 Å². The molecule has 6 heteroatoms. The van der Waals surface area contributed by atoms with Gasteiger partial charge in [-0.3, -0.25) is 4.79 Å². The van der Waals surface area contributed by atoms with Gasteiger partial charge in [-0.2, -0.15) is 0 Å². The summed E-state index contributed by atoms with van der Waals surface area (Å²) < 4.78 is 17.9.